The van der Waals surface area contributed by atoms with Gasteiger partial charge in [-0.2, -0.15) is 0 Å². The van der Waals surface area contributed by atoms with Crippen molar-refractivity contribution in [1.29, 1.82) is 0 Å². The van der Waals surface area contributed by atoms with Crippen molar-refractivity contribution in [2.75, 3.05) is 7.11 Å². The summed E-state index contributed by atoms with van der Waals surface area (Å²) in [7, 11) is -1.07. The molecule has 32 heavy (non-hydrogen) atoms. The first kappa shape index (κ1) is 21.3. The molecule has 0 amide bonds. The lowest BCUT2D eigenvalue weighted by atomic mass is 9.95. The lowest BCUT2D eigenvalue weighted by molar-refractivity contribution is -0.384. The van der Waals surface area contributed by atoms with Crippen LogP contribution in [0.2, 0.25) is 0 Å². The first-order valence-corrected chi connectivity index (χ1v) is 10.8. The molecule has 1 atom stereocenters. The third-order valence-electron chi connectivity index (χ3n) is 5.00. The average molecular weight is 448 g/mol. The zero-order chi connectivity index (χ0) is 22.7. The normalized spacial score (nSPS) is 11.1. The van der Waals surface area contributed by atoms with Crippen LogP contribution in [-0.2, 0) is 4.57 Å². The molecule has 0 saturated carbocycles. The Kier molecular flexibility index (Phi) is 6.01. The van der Waals surface area contributed by atoms with Crippen LogP contribution >= 0.6 is 8.25 Å². The van der Waals surface area contributed by atoms with Crippen LogP contribution in [0.4, 0.5) is 5.69 Å². The molecule has 7 nitrogen and oxygen atoms in total. The van der Waals surface area contributed by atoms with Crippen LogP contribution in [0.25, 0.3) is 21.9 Å². The maximum Gasteiger partial charge on any atom is 0.805 e. The molecular formula is C24H19NO6P+. The smallest absolute Gasteiger partial charge is 0.497 e. The van der Waals surface area contributed by atoms with Gasteiger partial charge in [-0.1, -0.05) is 42.5 Å². The summed E-state index contributed by atoms with van der Waals surface area (Å²) in [5, 5.41) is 13.2. The van der Waals surface area contributed by atoms with Crippen LogP contribution in [0.15, 0.2) is 78.9 Å². The minimum Gasteiger partial charge on any atom is -0.497 e. The van der Waals surface area contributed by atoms with Crippen molar-refractivity contribution in [3.05, 3.63) is 94.5 Å². The summed E-state index contributed by atoms with van der Waals surface area (Å²) in [6.07, 6.45) is 0. The minimum absolute atomic E-state index is 0.0589. The molecule has 0 radical (unpaired) electrons. The van der Waals surface area contributed by atoms with E-state index in [0.717, 1.165) is 5.39 Å². The van der Waals surface area contributed by atoms with Gasteiger partial charge in [0, 0.05) is 21.6 Å². The molecule has 0 aliphatic carbocycles. The van der Waals surface area contributed by atoms with E-state index in [9.17, 15) is 14.7 Å². The van der Waals surface area contributed by atoms with Crippen molar-refractivity contribution in [3.63, 3.8) is 0 Å². The van der Waals surface area contributed by atoms with Crippen molar-refractivity contribution in [1.82, 2.24) is 0 Å². The molecule has 8 heteroatoms. The number of nitro benzene ring substituents is 1. The number of hydrogen-bond acceptors (Lipinski definition) is 6. The van der Waals surface area contributed by atoms with Gasteiger partial charge in [0.05, 0.1) is 17.6 Å². The Morgan fingerprint density at radius 3 is 2.28 bits per heavy atom. The minimum atomic E-state index is -2.62. The van der Waals surface area contributed by atoms with Crippen molar-refractivity contribution in [3.8, 4) is 28.4 Å². The Labute approximate surface area is 185 Å². The monoisotopic (exact) mass is 448 g/mol. The zero-order valence-electron chi connectivity index (χ0n) is 17.3. The second-order valence-corrected chi connectivity index (χ2v) is 7.78. The molecule has 4 aromatic carbocycles. The van der Waals surface area contributed by atoms with Crippen LogP contribution in [0.3, 0.4) is 0 Å². The summed E-state index contributed by atoms with van der Waals surface area (Å²) in [5.74, 6) is 1.24. The highest BCUT2D eigenvalue weighted by Crippen LogP contribution is 2.45. The third-order valence-corrected chi connectivity index (χ3v) is 5.69. The molecule has 1 unspecified atom stereocenters. The van der Waals surface area contributed by atoms with E-state index in [1.54, 1.807) is 56.5 Å². The van der Waals surface area contributed by atoms with Gasteiger partial charge in [-0.3, -0.25) is 10.1 Å². The Balaban J connectivity index is 1.80. The Hall–Kier alpha value is -3.96. The second-order valence-electron chi connectivity index (χ2n) is 6.97. The summed E-state index contributed by atoms with van der Waals surface area (Å²) < 4.78 is 29.2. The molecule has 4 aromatic rings. The van der Waals surface area contributed by atoms with Crippen LogP contribution in [0.1, 0.15) is 5.56 Å². The Morgan fingerprint density at radius 1 is 0.844 bits per heavy atom. The van der Waals surface area contributed by atoms with Gasteiger partial charge in [-0.05, 0) is 48.2 Å². The molecule has 0 aliphatic rings. The fraction of sp³-hybridized carbons (Fsp3) is 0.0833. The topological polar surface area (TPSA) is 87.9 Å². The quantitative estimate of drug-likeness (QED) is 0.175. The molecule has 0 spiro atoms. The highest BCUT2D eigenvalue weighted by molar-refractivity contribution is 7.34. The van der Waals surface area contributed by atoms with Crippen LogP contribution in [0, 0.1) is 17.0 Å². The summed E-state index contributed by atoms with van der Waals surface area (Å²) in [4.78, 5) is 11.3. The first-order valence-electron chi connectivity index (χ1n) is 9.71. The van der Waals surface area contributed by atoms with E-state index in [4.69, 9.17) is 13.8 Å². The fourth-order valence-corrected chi connectivity index (χ4v) is 4.19. The van der Waals surface area contributed by atoms with Gasteiger partial charge in [0.1, 0.15) is 5.75 Å². The lowest BCUT2D eigenvalue weighted by Gasteiger charge is -2.11. The van der Waals surface area contributed by atoms with Crippen LogP contribution < -0.4 is 13.8 Å². The van der Waals surface area contributed by atoms with E-state index < -0.39 is 13.2 Å². The molecule has 0 bridgehead atoms. The Bertz CT molecular complexity index is 1320. The molecular weight excluding hydrogens is 429 g/mol. The molecule has 4 rings (SSSR count). The van der Waals surface area contributed by atoms with Gasteiger partial charge in [-0.25, -0.2) is 9.05 Å². The maximum atomic E-state index is 12.8. The predicted molar refractivity (Wildman–Crippen MR) is 123 cm³/mol. The summed E-state index contributed by atoms with van der Waals surface area (Å²) in [6.45, 7) is 1.79. The number of aryl methyl sites for hydroxylation is 1. The molecule has 0 aromatic heterocycles. The molecule has 0 aliphatic heterocycles. The van der Waals surface area contributed by atoms with Gasteiger partial charge in [0.25, 0.3) is 5.69 Å². The first-order chi connectivity index (χ1) is 15.5. The van der Waals surface area contributed by atoms with Gasteiger partial charge >= 0.3 is 8.25 Å². The van der Waals surface area contributed by atoms with Crippen molar-refractivity contribution in [2.45, 2.75) is 6.92 Å². The number of benzene rings is 4. The SMILES string of the molecule is COc1ccc(O[P+](=O)Oc2c(-c3c(C)cccc3[N+](=O)[O-])ccc3ccccc23)cc1. The molecule has 0 heterocycles. The number of nitrogens with zero attached hydrogens (tertiary/aromatic N) is 1. The number of ether oxygens (including phenoxy) is 1. The number of methoxy groups -OCH3 is 1. The number of hydrogen-bond donors (Lipinski definition) is 0. The maximum absolute atomic E-state index is 12.8. The fourth-order valence-electron chi connectivity index (χ4n) is 3.51. The predicted octanol–water partition coefficient (Wildman–Crippen LogP) is 6.85. The standard InChI is InChI=1S/C24H19NO6P/c1-16-6-5-9-22(25(26)27)23(16)21-15-10-17-7-3-4-8-20(17)24(21)31-32(28)30-19-13-11-18(29-2)12-14-19/h3-15H,1-2H3/q+1. The molecule has 0 N–H and O–H groups in total. The number of rotatable bonds is 7. The van der Waals surface area contributed by atoms with E-state index in [1.165, 1.54) is 6.07 Å². The summed E-state index contributed by atoms with van der Waals surface area (Å²) >= 11 is 0. The van der Waals surface area contributed by atoms with Crippen molar-refractivity contribution >= 4 is 24.7 Å². The van der Waals surface area contributed by atoms with Gasteiger partial charge in [0.2, 0.25) is 5.75 Å². The highest BCUT2D eigenvalue weighted by atomic mass is 31.1. The molecule has 160 valence electrons. The third kappa shape index (κ3) is 4.24. The number of nitro groups is 1. The molecule has 0 fully saturated rings. The van der Waals surface area contributed by atoms with Crippen molar-refractivity contribution in [2.24, 2.45) is 0 Å². The Morgan fingerprint density at radius 2 is 1.56 bits per heavy atom. The van der Waals surface area contributed by atoms with E-state index in [1.807, 2.05) is 30.3 Å². The van der Waals surface area contributed by atoms with Crippen molar-refractivity contribution < 1.29 is 23.3 Å². The van der Waals surface area contributed by atoms with Gasteiger partial charge in [-0.15, -0.1) is 0 Å². The highest BCUT2D eigenvalue weighted by Gasteiger charge is 2.30. The van der Waals surface area contributed by atoms with Gasteiger partial charge in [0.15, 0.2) is 5.75 Å². The summed E-state index contributed by atoms with van der Waals surface area (Å²) in [5.41, 5.74) is 1.52. The van der Waals surface area contributed by atoms with Gasteiger partial charge < -0.3 is 4.74 Å². The van der Waals surface area contributed by atoms with E-state index in [2.05, 4.69) is 0 Å². The zero-order valence-corrected chi connectivity index (χ0v) is 18.2. The largest absolute Gasteiger partial charge is 0.805 e. The average Bonchev–Trinajstić information content (AvgIpc) is 2.80. The number of fused-ring (bicyclic) bond motifs is 1. The van der Waals surface area contributed by atoms with E-state index in [-0.39, 0.29) is 11.4 Å². The molecule has 0 saturated heterocycles. The lowest BCUT2D eigenvalue weighted by Crippen LogP contribution is -1.97. The summed E-state index contributed by atoms with van der Waals surface area (Å²) in [6, 6.07) is 22.4. The van der Waals surface area contributed by atoms with Crippen LogP contribution in [-0.4, -0.2) is 12.0 Å². The second kappa shape index (κ2) is 9.04. The van der Waals surface area contributed by atoms with E-state index >= 15 is 0 Å². The van der Waals surface area contributed by atoms with Crippen LogP contribution in [0.5, 0.6) is 17.2 Å². The van der Waals surface area contributed by atoms with E-state index in [0.29, 0.717) is 33.6 Å².